The summed E-state index contributed by atoms with van der Waals surface area (Å²) in [6.45, 7) is 4.12. The lowest BCUT2D eigenvalue weighted by molar-refractivity contribution is -0.147. The second kappa shape index (κ2) is 5.30. The number of carboxylic acids is 1. The Labute approximate surface area is 95.6 Å². The minimum atomic E-state index is -1.16. The molecule has 1 aliphatic heterocycles. The van der Waals surface area contributed by atoms with Gasteiger partial charge in [-0.15, -0.1) is 0 Å². The number of amides is 1. The normalized spacial score (nSPS) is 24.5. The summed E-state index contributed by atoms with van der Waals surface area (Å²) in [5, 5.41) is 14.8. The minimum absolute atomic E-state index is 0.202. The number of nitrogens with one attached hydrogen (secondary N) is 2. The summed E-state index contributed by atoms with van der Waals surface area (Å²) in [5.74, 6) is -1.19. The van der Waals surface area contributed by atoms with Crippen molar-refractivity contribution in [2.45, 2.75) is 51.1 Å². The molecule has 1 aliphatic rings. The molecule has 0 aliphatic carbocycles. The van der Waals surface area contributed by atoms with E-state index in [2.05, 4.69) is 10.6 Å². The maximum Gasteiger partial charge on any atom is 0.329 e. The van der Waals surface area contributed by atoms with Crippen LogP contribution >= 0.6 is 0 Å². The molecule has 1 amide bonds. The molecule has 1 unspecified atom stereocenters. The standard InChI is InChI=1S/C11H20N2O3/c1-3-11(2,10(15)16)13-9(14)8-6-4-5-7-12-8/h8,12H,3-7H2,1-2H3,(H,13,14)(H,15,16)/t8-,11?/m1/s1. The molecule has 92 valence electrons. The van der Waals surface area contributed by atoms with Crippen LogP contribution in [-0.2, 0) is 9.59 Å². The first-order chi connectivity index (χ1) is 7.49. The van der Waals surface area contributed by atoms with Crippen molar-refractivity contribution in [3.63, 3.8) is 0 Å². The van der Waals surface area contributed by atoms with E-state index in [1.807, 2.05) is 0 Å². The van der Waals surface area contributed by atoms with Gasteiger partial charge in [-0.2, -0.15) is 0 Å². The highest BCUT2D eigenvalue weighted by Crippen LogP contribution is 2.12. The number of carboxylic acid groups (broad SMARTS) is 1. The van der Waals surface area contributed by atoms with Crippen LogP contribution in [0.25, 0.3) is 0 Å². The fraction of sp³-hybridized carbons (Fsp3) is 0.818. The molecule has 16 heavy (non-hydrogen) atoms. The lowest BCUT2D eigenvalue weighted by Crippen LogP contribution is -2.57. The van der Waals surface area contributed by atoms with E-state index in [9.17, 15) is 9.59 Å². The number of hydrogen-bond donors (Lipinski definition) is 3. The third-order valence-corrected chi connectivity index (χ3v) is 3.21. The monoisotopic (exact) mass is 228 g/mol. The van der Waals surface area contributed by atoms with Crippen LogP contribution in [0.4, 0.5) is 0 Å². The maximum absolute atomic E-state index is 11.8. The van der Waals surface area contributed by atoms with Gasteiger partial charge in [0.2, 0.25) is 5.91 Å². The van der Waals surface area contributed by atoms with Gasteiger partial charge in [-0.05, 0) is 32.7 Å². The molecule has 0 spiro atoms. The van der Waals surface area contributed by atoms with Crippen molar-refractivity contribution in [3.05, 3.63) is 0 Å². The van der Waals surface area contributed by atoms with Crippen LogP contribution in [0, 0.1) is 0 Å². The van der Waals surface area contributed by atoms with Crippen LogP contribution in [-0.4, -0.2) is 35.1 Å². The highest BCUT2D eigenvalue weighted by Gasteiger charge is 2.35. The SMILES string of the molecule is CCC(C)(NC(=O)[C@H]1CCCCN1)C(=O)O. The van der Waals surface area contributed by atoms with Crippen LogP contribution in [0.5, 0.6) is 0 Å². The topological polar surface area (TPSA) is 78.4 Å². The summed E-state index contributed by atoms with van der Waals surface area (Å²) in [6.07, 6.45) is 3.25. The molecular weight excluding hydrogens is 208 g/mol. The average Bonchev–Trinajstić information content (AvgIpc) is 2.29. The zero-order chi connectivity index (χ0) is 12.2. The molecule has 0 aromatic rings. The third kappa shape index (κ3) is 2.95. The number of rotatable bonds is 4. The largest absolute Gasteiger partial charge is 0.480 e. The smallest absolute Gasteiger partial charge is 0.329 e. The Morgan fingerprint density at radius 3 is 2.62 bits per heavy atom. The Bertz CT molecular complexity index is 274. The van der Waals surface area contributed by atoms with E-state index in [-0.39, 0.29) is 11.9 Å². The van der Waals surface area contributed by atoms with Crippen molar-refractivity contribution in [1.29, 1.82) is 0 Å². The zero-order valence-electron chi connectivity index (χ0n) is 9.88. The fourth-order valence-electron chi connectivity index (χ4n) is 1.73. The van der Waals surface area contributed by atoms with Gasteiger partial charge in [-0.1, -0.05) is 13.3 Å². The Morgan fingerprint density at radius 2 is 2.19 bits per heavy atom. The van der Waals surface area contributed by atoms with E-state index < -0.39 is 11.5 Å². The molecule has 0 bridgehead atoms. The lowest BCUT2D eigenvalue weighted by Gasteiger charge is -2.29. The quantitative estimate of drug-likeness (QED) is 0.654. The molecule has 2 atom stereocenters. The predicted octanol–water partition coefficient (Wildman–Crippen LogP) is 0.498. The molecule has 0 saturated carbocycles. The van der Waals surface area contributed by atoms with Crippen molar-refractivity contribution in [3.8, 4) is 0 Å². The first-order valence-corrected chi connectivity index (χ1v) is 5.78. The van der Waals surface area contributed by atoms with Gasteiger partial charge in [0.05, 0.1) is 6.04 Å². The fourth-order valence-corrected chi connectivity index (χ4v) is 1.73. The summed E-state index contributed by atoms with van der Waals surface area (Å²) < 4.78 is 0. The van der Waals surface area contributed by atoms with Gasteiger partial charge in [0.25, 0.3) is 0 Å². The van der Waals surface area contributed by atoms with E-state index in [4.69, 9.17) is 5.11 Å². The van der Waals surface area contributed by atoms with Crippen molar-refractivity contribution in [2.75, 3.05) is 6.54 Å². The van der Waals surface area contributed by atoms with Crippen molar-refractivity contribution in [1.82, 2.24) is 10.6 Å². The highest BCUT2D eigenvalue weighted by atomic mass is 16.4. The molecular formula is C11H20N2O3. The minimum Gasteiger partial charge on any atom is -0.480 e. The summed E-state index contributed by atoms with van der Waals surface area (Å²) in [5.41, 5.74) is -1.16. The Kier molecular flexibility index (Phi) is 4.29. The zero-order valence-corrected chi connectivity index (χ0v) is 9.88. The molecule has 5 nitrogen and oxygen atoms in total. The lowest BCUT2D eigenvalue weighted by atomic mass is 9.97. The number of aliphatic carboxylic acids is 1. The first kappa shape index (κ1) is 13.0. The second-order valence-corrected chi connectivity index (χ2v) is 4.48. The highest BCUT2D eigenvalue weighted by molar-refractivity contribution is 5.89. The Hall–Kier alpha value is -1.10. The number of carbonyl (C=O) groups is 2. The van der Waals surface area contributed by atoms with Gasteiger partial charge < -0.3 is 15.7 Å². The predicted molar refractivity (Wildman–Crippen MR) is 60.1 cm³/mol. The molecule has 0 radical (unpaired) electrons. The van der Waals surface area contributed by atoms with E-state index in [0.717, 1.165) is 25.8 Å². The average molecular weight is 228 g/mol. The summed E-state index contributed by atoms with van der Waals surface area (Å²) in [4.78, 5) is 22.9. The van der Waals surface area contributed by atoms with Gasteiger partial charge in [-0.3, -0.25) is 4.79 Å². The second-order valence-electron chi connectivity index (χ2n) is 4.48. The molecule has 3 N–H and O–H groups in total. The Morgan fingerprint density at radius 1 is 1.50 bits per heavy atom. The molecule has 1 rings (SSSR count). The molecule has 1 saturated heterocycles. The van der Waals surface area contributed by atoms with Crippen LogP contribution in [0.1, 0.15) is 39.5 Å². The first-order valence-electron chi connectivity index (χ1n) is 5.78. The number of hydrogen-bond acceptors (Lipinski definition) is 3. The number of piperidine rings is 1. The van der Waals surface area contributed by atoms with Gasteiger partial charge in [0.15, 0.2) is 0 Å². The molecule has 1 heterocycles. The van der Waals surface area contributed by atoms with Gasteiger partial charge >= 0.3 is 5.97 Å². The van der Waals surface area contributed by atoms with E-state index >= 15 is 0 Å². The van der Waals surface area contributed by atoms with Crippen molar-refractivity contribution >= 4 is 11.9 Å². The van der Waals surface area contributed by atoms with Crippen LogP contribution in [0.3, 0.4) is 0 Å². The van der Waals surface area contributed by atoms with Gasteiger partial charge in [0, 0.05) is 0 Å². The number of carbonyl (C=O) groups excluding carboxylic acids is 1. The van der Waals surface area contributed by atoms with Crippen LogP contribution < -0.4 is 10.6 Å². The van der Waals surface area contributed by atoms with Gasteiger partial charge in [0.1, 0.15) is 5.54 Å². The molecule has 0 aromatic carbocycles. The van der Waals surface area contributed by atoms with Crippen LogP contribution in [0.2, 0.25) is 0 Å². The maximum atomic E-state index is 11.8. The van der Waals surface area contributed by atoms with E-state index in [1.54, 1.807) is 6.92 Å². The summed E-state index contributed by atoms with van der Waals surface area (Å²) in [7, 11) is 0. The van der Waals surface area contributed by atoms with Crippen molar-refractivity contribution < 1.29 is 14.7 Å². The van der Waals surface area contributed by atoms with Gasteiger partial charge in [-0.25, -0.2) is 4.79 Å². The third-order valence-electron chi connectivity index (χ3n) is 3.21. The van der Waals surface area contributed by atoms with Crippen molar-refractivity contribution in [2.24, 2.45) is 0 Å². The Balaban J connectivity index is 2.57. The molecule has 5 heteroatoms. The van der Waals surface area contributed by atoms with E-state index in [1.165, 1.54) is 6.92 Å². The van der Waals surface area contributed by atoms with Crippen LogP contribution in [0.15, 0.2) is 0 Å². The summed E-state index contributed by atoms with van der Waals surface area (Å²) >= 11 is 0. The van der Waals surface area contributed by atoms with E-state index in [0.29, 0.717) is 6.42 Å². The summed E-state index contributed by atoms with van der Waals surface area (Å²) in [6, 6.07) is -0.237. The molecule has 1 fully saturated rings. The molecule has 0 aromatic heterocycles.